The zero-order chi connectivity index (χ0) is 25.1. The quantitative estimate of drug-likeness (QED) is 0.427. The minimum Gasteiger partial charge on any atom is -0.508 e. The van der Waals surface area contributed by atoms with Gasteiger partial charge in [-0.05, 0) is 37.6 Å². The lowest BCUT2D eigenvalue weighted by molar-refractivity contribution is 0.0756. The second-order valence-corrected chi connectivity index (χ2v) is 9.69. The Hall–Kier alpha value is -4.01. The van der Waals surface area contributed by atoms with Gasteiger partial charge in [-0.25, -0.2) is 9.37 Å². The fourth-order valence-electron chi connectivity index (χ4n) is 4.68. The first kappa shape index (κ1) is 22.8. The number of aromatic nitrogens is 1. The van der Waals surface area contributed by atoms with Gasteiger partial charge >= 0.3 is 0 Å². The molecule has 3 heterocycles. The van der Waals surface area contributed by atoms with Gasteiger partial charge < -0.3 is 24.7 Å². The number of oxazole rings is 1. The summed E-state index contributed by atoms with van der Waals surface area (Å²) in [6.45, 7) is 7.69. The summed E-state index contributed by atoms with van der Waals surface area (Å²) in [4.78, 5) is 19.7. The van der Waals surface area contributed by atoms with E-state index in [0.29, 0.717) is 47.5 Å². The zero-order valence-electron chi connectivity index (χ0n) is 19.8. The van der Waals surface area contributed by atoms with Gasteiger partial charge in [-0.2, -0.15) is 0 Å². The molecule has 2 aliphatic rings. The molecule has 0 saturated carbocycles. The second kappa shape index (κ2) is 8.04. The number of anilines is 2. The van der Waals surface area contributed by atoms with Gasteiger partial charge in [0.1, 0.15) is 40.6 Å². The predicted molar refractivity (Wildman–Crippen MR) is 127 cm³/mol. The molecule has 35 heavy (non-hydrogen) atoms. The van der Waals surface area contributed by atoms with E-state index in [4.69, 9.17) is 9.15 Å². The van der Waals surface area contributed by atoms with Crippen LogP contribution in [0.2, 0.25) is 0 Å². The maximum absolute atomic E-state index is 15.4. The first-order valence-electron chi connectivity index (χ1n) is 11.3. The van der Waals surface area contributed by atoms with Crippen molar-refractivity contribution in [3.8, 4) is 11.5 Å². The van der Waals surface area contributed by atoms with Crippen LogP contribution in [0.25, 0.3) is 0 Å². The number of fused-ring (bicyclic) bond motifs is 1. The molecule has 2 aliphatic heterocycles. The molecule has 5 rings (SSSR count). The van der Waals surface area contributed by atoms with E-state index >= 15 is 4.39 Å². The number of hydrogen-bond donors (Lipinski definition) is 3. The lowest BCUT2D eigenvalue weighted by atomic mass is 9.85. The van der Waals surface area contributed by atoms with Gasteiger partial charge in [0, 0.05) is 24.0 Å². The summed E-state index contributed by atoms with van der Waals surface area (Å²) in [5.41, 5.74) is 1.20. The topological polar surface area (TPSA) is 108 Å². The number of rotatable bonds is 2. The molecule has 182 valence electrons. The SMILES string of the molecule is Cc1nc(C(=O)N2c3cccc(O)c3NC3=C(OCC(C)(C)C3)C2c2ccc(O)cc2F)c(C)o1. The number of para-hydroxylation sites is 1. The molecule has 0 fully saturated rings. The van der Waals surface area contributed by atoms with Crippen LogP contribution in [-0.2, 0) is 4.74 Å². The van der Waals surface area contributed by atoms with Crippen LogP contribution >= 0.6 is 0 Å². The molecular formula is C26H26FN3O5. The van der Waals surface area contributed by atoms with Crippen LogP contribution in [0.3, 0.4) is 0 Å². The molecule has 2 aromatic carbocycles. The molecule has 1 atom stereocenters. The normalized spacial score (nSPS) is 18.8. The Bertz CT molecular complexity index is 1380. The number of carbonyl (C=O) groups excluding carboxylic acids is 1. The van der Waals surface area contributed by atoms with E-state index in [2.05, 4.69) is 10.3 Å². The number of hydrogen-bond acceptors (Lipinski definition) is 7. The number of ether oxygens (including phenoxy) is 1. The Balaban J connectivity index is 1.82. The number of amides is 1. The number of halogens is 1. The third-order valence-electron chi connectivity index (χ3n) is 6.24. The van der Waals surface area contributed by atoms with Crippen molar-refractivity contribution in [2.45, 2.75) is 40.2 Å². The lowest BCUT2D eigenvalue weighted by Crippen LogP contribution is -2.39. The highest BCUT2D eigenvalue weighted by molar-refractivity contribution is 6.09. The van der Waals surface area contributed by atoms with E-state index in [1.54, 1.807) is 26.0 Å². The van der Waals surface area contributed by atoms with Crippen LogP contribution in [0.15, 0.2) is 52.3 Å². The van der Waals surface area contributed by atoms with Crippen LogP contribution < -0.4 is 10.2 Å². The fraction of sp³-hybridized carbons (Fsp3) is 0.308. The van der Waals surface area contributed by atoms with Crippen LogP contribution in [0, 0.1) is 25.1 Å². The van der Waals surface area contributed by atoms with Crippen molar-refractivity contribution in [3.63, 3.8) is 0 Å². The highest BCUT2D eigenvalue weighted by Gasteiger charge is 2.43. The molecule has 1 unspecified atom stereocenters. The van der Waals surface area contributed by atoms with Gasteiger partial charge in [-0.3, -0.25) is 9.69 Å². The number of nitrogens with one attached hydrogen (secondary N) is 1. The highest BCUT2D eigenvalue weighted by Crippen LogP contribution is 2.50. The Kier molecular flexibility index (Phi) is 5.23. The first-order valence-corrected chi connectivity index (χ1v) is 11.3. The zero-order valence-corrected chi connectivity index (χ0v) is 19.8. The van der Waals surface area contributed by atoms with Crippen molar-refractivity contribution in [1.82, 2.24) is 4.98 Å². The summed E-state index contributed by atoms with van der Waals surface area (Å²) in [6, 6.07) is 7.53. The average molecular weight is 480 g/mol. The van der Waals surface area contributed by atoms with E-state index in [0.717, 1.165) is 6.07 Å². The Morgan fingerprint density at radius 3 is 2.69 bits per heavy atom. The van der Waals surface area contributed by atoms with Crippen molar-refractivity contribution in [3.05, 3.63) is 76.6 Å². The smallest absolute Gasteiger partial charge is 0.281 e. The Labute approximate surface area is 201 Å². The number of benzene rings is 2. The summed E-state index contributed by atoms with van der Waals surface area (Å²) < 4.78 is 27.1. The molecule has 3 aromatic rings. The lowest BCUT2D eigenvalue weighted by Gasteiger charge is -2.37. The number of aryl methyl sites for hydroxylation is 2. The third kappa shape index (κ3) is 3.86. The molecule has 3 N–H and O–H groups in total. The summed E-state index contributed by atoms with van der Waals surface area (Å²) in [5, 5.41) is 23.9. The van der Waals surface area contributed by atoms with Crippen molar-refractivity contribution in [1.29, 1.82) is 0 Å². The third-order valence-corrected chi connectivity index (χ3v) is 6.24. The molecular weight excluding hydrogens is 453 g/mol. The Morgan fingerprint density at radius 1 is 1.23 bits per heavy atom. The molecule has 0 bridgehead atoms. The van der Waals surface area contributed by atoms with Crippen molar-refractivity contribution in [2.24, 2.45) is 5.41 Å². The molecule has 9 heteroatoms. The predicted octanol–water partition coefficient (Wildman–Crippen LogP) is 5.31. The van der Waals surface area contributed by atoms with Gasteiger partial charge in [0.2, 0.25) is 0 Å². The van der Waals surface area contributed by atoms with E-state index in [-0.39, 0.29) is 28.2 Å². The van der Waals surface area contributed by atoms with Crippen LogP contribution in [-0.4, -0.2) is 27.7 Å². The summed E-state index contributed by atoms with van der Waals surface area (Å²) in [6.07, 6.45) is 0.538. The van der Waals surface area contributed by atoms with Crippen molar-refractivity contribution < 1.29 is 28.6 Å². The maximum atomic E-state index is 15.4. The average Bonchev–Trinajstić information content (AvgIpc) is 3.04. The number of aromatic hydroxyl groups is 2. The minimum atomic E-state index is -1.04. The van der Waals surface area contributed by atoms with E-state index in [1.165, 1.54) is 23.1 Å². The Morgan fingerprint density at radius 2 is 2.00 bits per heavy atom. The van der Waals surface area contributed by atoms with Gasteiger partial charge in [0.25, 0.3) is 5.91 Å². The van der Waals surface area contributed by atoms with Crippen molar-refractivity contribution in [2.75, 3.05) is 16.8 Å². The summed E-state index contributed by atoms with van der Waals surface area (Å²) in [5.74, 6) is -0.575. The number of carbonyl (C=O) groups is 1. The molecule has 0 spiro atoms. The molecule has 0 saturated heterocycles. The molecule has 1 amide bonds. The molecule has 0 aliphatic carbocycles. The summed E-state index contributed by atoms with van der Waals surface area (Å²) in [7, 11) is 0. The first-order chi connectivity index (χ1) is 16.6. The monoisotopic (exact) mass is 479 g/mol. The number of allylic oxidation sites excluding steroid dienone is 1. The van der Waals surface area contributed by atoms with Gasteiger partial charge in [-0.1, -0.05) is 19.9 Å². The largest absolute Gasteiger partial charge is 0.508 e. The van der Waals surface area contributed by atoms with Crippen LogP contribution in [0.5, 0.6) is 11.5 Å². The second-order valence-electron chi connectivity index (χ2n) is 9.69. The van der Waals surface area contributed by atoms with Gasteiger partial charge in [0.15, 0.2) is 11.6 Å². The van der Waals surface area contributed by atoms with Gasteiger partial charge in [-0.15, -0.1) is 0 Å². The number of phenolic OH excluding ortho intramolecular Hbond substituents is 2. The molecule has 8 nitrogen and oxygen atoms in total. The molecule has 0 radical (unpaired) electrons. The standard InChI is InChI=1S/C26H26FN3O5/c1-13-21(28-14(2)35-13)25(33)30-19-6-5-7-20(32)22(19)29-18-11-26(3,4)12-34-24(18)23(30)16-9-8-15(31)10-17(16)27/h5-10,23,29,31-32H,11-12H2,1-4H3. The maximum Gasteiger partial charge on any atom is 0.281 e. The fourth-order valence-corrected chi connectivity index (χ4v) is 4.68. The van der Waals surface area contributed by atoms with E-state index in [1.807, 2.05) is 13.8 Å². The van der Waals surface area contributed by atoms with E-state index in [9.17, 15) is 15.0 Å². The highest BCUT2D eigenvalue weighted by atomic mass is 19.1. The number of phenols is 2. The summed E-state index contributed by atoms with van der Waals surface area (Å²) >= 11 is 0. The van der Waals surface area contributed by atoms with Crippen LogP contribution in [0.1, 0.15) is 54.0 Å². The minimum absolute atomic E-state index is 0.0705. The van der Waals surface area contributed by atoms with Crippen molar-refractivity contribution >= 4 is 17.3 Å². The molecule has 1 aromatic heterocycles. The van der Waals surface area contributed by atoms with E-state index < -0.39 is 17.8 Å². The number of nitrogens with zero attached hydrogens (tertiary/aromatic N) is 2. The van der Waals surface area contributed by atoms with Crippen LogP contribution in [0.4, 0.5) is 15.8 Å². The van der Waals surface area contributed by atoms with Gasteiger partial charge in [0.05, 0.1) is 18.0 Å².